The highest BCUT2D eigenvalue weighted by atomic mass is 16.5. The lowest BCUT2D eigenvalue weighted by Crippen LogP contribution is -2.35. The molecule has 1 unspecified atom stereocenters. The van der Waals surface area contributed by atoms with Crippen LogP contribution >= 0.6 is 0 Å². The first-order valence-corrected chi connectivity index (χ1v) is 8.64. The highest BCUT2D eigenvalue weighted by Crippen LogP contribution is 2.32. The minimum Gasteiger partial charge on any atom is -0.488 e. The molecule has 0 bridgehead atoms. The molecule has 1 atom stereocenters. The van der Waals surface area contributed by atoms with Crippen LogP contribution in [0.25, 0.3) is 11.3 Å². The number of rotatable bonds is 5. The molecule has 0 saturated carbocycles. The van der Waals surface area contributed by atoms with Crippen molar-refractivity contribution in [3.63, 3.8) is 0 Å². The number of benzene rings is 2. The van der Waals surface area contributed by atoms with Crippen LogP contribution in [0.2, 0.25) is 0 Å². The minimum absolute atomic E-state index is 0.0102. The van der Waals surface area contributed by atoms with Gasteiger partial charge in [0.15, 0.2) is 0 Å². The number of carbonyl (C=O) groups is 1. The molecule has 0 aliphatic carbocycles. The summed E-state index contributed by atoms with van der Waals surface area (Å²) in [5.41, 5.74) is 4.01. The lowest BCUT2D eigenvalue weighted by molar-refractivity contribution is -0.120. The molecule has 3 aromatic rings. The summed E-state index contributed by atoms with van der Waals surface area (Å²) in [6.45, 7) is 0.501. The molecule has 5 nitrogen and oxygen atoms in total. The summed E-state index contributed by atoms with van der Waals surface area (Å²) in [5, 5.41) is 2.97. The number of carbonyl (C=O) groups excluding carboxylic acids is 1. The molecule has 0 fully saturated rings. The average molecular weight is 345 g/mol. The van der Waals surface area contributed by atoms with Gasteiger partial charge in [-0.05, 0) is 29.3 Å². The summed E-state index contributed by atoms with van der Waals surface area (Å²) in [4.78, 5) is 20.5. The van der Waals surface area contributed by atoms with Gasteiger partial charge in [0, 0.05) is 24.4 Å². The molecule has 2 heterocycles. The van der Waals surface area contributed by atoms with E-state index in [9.17, 15) is 4.79 Å². The van der Waals surface area contributed by atoms with Crippen molar-refractivity contribution in [1.29, 1.82) is 0 Å². The van der Waals surface area contributed by atoms with Crippen LogP contribution in [-0.4, -0.2) is 28.5 Å². The van der Waals surface area contributed by atoms with Gasteiger partial charge in [0.1, 0.15) is 11.9 Å². The Balaban J connectivity index is 1.34. The summed E-state index contributed by atoms with van der Waals surface area (Å²) >= 11 is 0. The Kier molecular flexibility index (Phi) is 4.60. The van der Waals surface area contributed by atoms with Crippen LogP contribution in [0.4, 0.5) is 0 Å². The normalized spacial score (nSPS) is 15.2. The zero-order valence-electron chi connectivity index (χ0n) is 14.3. The van der Waals surface area contributed by atoms with Crippen molar-refractivity contribution in [3.8, 4) is 17.0 Å². The standard InChI is InChI=1S/C21H19N3O2/c25-21(10-15-4-2-1-3-5-15)24-13-18-12-17-11-16(6-7-20(17)26-18)19-14-22-8-9-23-19/h1-9,11,14,18H,10,12-13H2,(H,24,25). The van der Waals surface area contributed by atoms with Gasteiger partial charge in [-0.2, -0.15) is 0 Å². The highest BCUT2D eigenvalue weighted by Gasteiger charge is 2.23. The Labute approximate surface area is 152 Å². The van der Waals surface area contributed by atoms with Gasteiger partial charge in [0.2, 0.25) is 5.91 Å². The van der Waals surface area contributed by atoms with E-state index in [2.05, 4.69) is 21.4 Å². The maximum absolute atomic E-state index is 12.1. The molecule has 2 aromatic carbocycles. The van der Waals surface area contributed by atoms with E-state index >= 15 is 0 Å². The molecule has 1 amide bonds. The second kappa shape index (κ2) is 7.35. The second-order valence-corrected chi connectivity index (χ2v) is 6.32. The molecule has 26 heavy (non-hydrogen) atoms. The fourth-order valence-corrected chi connectivity index (χ4v) is 3.11. The quantitative estimate of drug-likeness (QED) is 0.772. The molecule has 0 radical (unpaired) electrons. The summed E-state index contributed by atoms with van der Waals surface area (Å²) in [6, 6.07) is 15.8. The van der Waals surface area contributed by atoms with Crippen LogP contribution in [0.1, 0.15) is 11.1 Å². The third kappa shape index (κ3) is 3.72. The maximum atomic E-state index is 12.1. The van der Waals surface area contributed by atoms with E-state index in [1.54, 1.807) is 18.6 Å². The van der Waals surface area contributed by atoms with E-state index in [0.29, 0.717) is 13.0 Å². The van der Waals surface area contributed by atoms with E-state index in [0.717, 1.165) is 34.6 Å². The number of nitrogens with zero attached hydrogens (tertiary/aromatic N) is 2. The summed E-state index contributed by atoms with van der Waals surface area (Å²) < 4.78 is 5.95. The average Bonchev–Trinajstić information content (AvgIpc) is 3.10. The largest absolute Gasteiger partial charge is 0.488 e. The molecule has 1 aliphatic heterocycles. The zero-order valence-corrected chi connectivity index (χ0v) is 14.3. The van der Waals surface area contributed by atoms with Gasteiger partial charge < -0.3 is 10.1 Å². The molecular formula is C21H19N3O2. The molecule has 1 aliphatic rings. The highest BCUT2D eigenvalue weighted by molar-refractivity contribution is 5.78. The third-order valence-corrected chi connectivity index (χ3v) is 4.40. The third-order valence-electron chi connectivity index (χ3n) is 4.40. The first-order valence-electron chi connectivity index (χ1n) is 8.64. The van der Waals surface area contributed by atoms with Crippen LogP contribution in [0, 0.1) is 0 Å². The number of nitrogens with one attached hydrogen (secondary N) is 1. The topological polar surface area (TPSA) is 64.1 Å². The zero-order chi connectivity index (χ0) is 17.8. The lowest BCUT2D eigenvalue weighted by atomic mass is 10.0. The van der Waals surface area contributed by atoms with Crippen LogP contribution < -0.4 is 10.1 Å². The molecule has 1 N–H and O–H groups in total. The van der Waals surface area contributed by atoms with Crippen molar-refractivity contribution in [2.24, 2.45) is 0 Å². The first kappa shape index (κ1) is 16.3. The molecule has 130 valence electrons. The number of fused-ring (bicyclic) bond motifs is 1. The van der Waals surface area contributed by atoms with E-state index in [4.69, 9.17) is 4.74 Å². The van der Waals surface area contributed by atoms with Gasteiger partial charge in [0.25, 0.3) is 0 Å². The Bertz CT molecular complexity index is 898. The monoisotopic (exact) mass is 345 g/mol. The SMILES string of the molecule is O=C(Cc1ccccc1)NCC1Cc2cc(-c3cnccn3)ccc2O1. The van der Waals surface area contributed by atoms with Crippen molar-refractivity contribution in [2.75, 3.05) is 6.54 Å². The van der Waals surface area contributed by atoms with Gasteiger partial charge in [-0.25, -0.2) is 0 Å². The van der Waals surface area contributed by atoms with Gasteiger partial charge >= 0.3 is 0 Å². The predicted molar refractivity (Wildman–Crippen MR) is 98.7 cm³/mol. The minimum atomic E-state index is -0.0400. The van der Waals surface area contributed by atoms with Crippen LogP contribution in [-0.2, 0) is 17.6 Å². The van der Waals surface area contributed by atoms with E-state index in [1.165, 1.54) is 0 Å². The van der Waals surface area contributed by atoms with Gasteiger partial charge in [-0.15, -0.1) is 0 Å². The summed E-state index contributed by atoms with van der Waals surface area (Å²) in [6.07, 6.45) is 6.21. The van der Waals surface area contributed by atoms with Crippen molar-refractivity contribution in [2.45, 2.75) is 18.9 Å². The smallest absolute Gasteiger partial charge is 0.224 e. The van der Waals surface area contributed by atoms with Gasteiger partial charge in [-0.1, -0.05) is 30.3 Å². The molecule has 4 rings (SSSR count). The summed E-state index contributed by atoms with van der Waals surface area (Å²) in [7, 11) is 0. The summed E-state index contributed by atoms with van der Waals surface area (Å²) in [5.74, 6) is 0.885. The molecular weight excluding hydrogens is 326 g/mol. The van der Waals surface area contributed by atoms with E-state index in [-0.39, 0.29) is 12.0 Å². The fourth-order valence-electron chi connectivity index (χ4n) is 3.11. The van der Waals surface area contributed by atoms with E-state index in [1.807, 2.05) is 42.5 Å². The first-order chi connectivity index (χ1) is 12.8. The van der Waals surface area contributed by atoms with E-state index < -0.39 is 0 Å². The van der Waals surface area contributed by atoms with Gasteiger partial charge in [-0.3, -0.25) is 14.8 Å². The van der Waals surface area contributed by atoms with Crippen molar-refractivity contribution >= 4 is 5.91 Å². The van der Waals surface area contributed by atoms with Crippen LogP contribution in [0.5, 0.6) is 5.75 Å². The van der Waals surface area contributed by atoms with Crippen molar-refractivity contribution in [1.82, 2.24) is 15.3 Å². The van der Waals surface area contributed by atoms with Crippen molar-refractivity contribution < 1.29 is 9.53 Å². The lowest BCUT2D eigenvalue weighted by Gasteiger charge is -2.12. The second-order valence-electron chi connectivity index (χ2n) is 6.32. The molecule has 1 aromatic heterocycles. The number of hydrogen-bond donors (Lipinski definition) is 1. The molecule has 0 saturated heterocycles. The predicted octanol–water partition coefficient (Wildman–Crippen LogP) is 2.81. The maximum Gasteiger partial charge on any atom is 0.224 e. The fraction of sp³-hybridized carbons (Fsp3) is 0.190. The Morgan fingerprint density at radius 3 is 2.85 bits per heavy atom. The Hall–Kier alpha value is -3.21. The number of aromatic nitrogens is 2. The van der Waals surface area contributed by atoms with Gasteiger partial charge in [0.05, 0.1) is 24.9 Å². The molecule has 5 heteroatoms. The van der Waals surface area contributed by atoms with Crippen LogP contribution in [0.15, 0.2) is 67.1 Å². The Morgan fingerprint density at radius 2 is 2.04 bits per heavy atom. The van der Waals surface area contributed by atoms with Crippen LogP contribution in [0.3, 0.4) is 0 Å². The molecule has 0 spiro atoms. The van der Waals surface area contributed by atoms with Crippen molar-refractivity contribution in [3.05, 3.63) is 78.2 Å². The Morgan fingerprint density at radius 1 is 1.15 bits per heavy atom. The number of amides is 1. The number of hydrogen-bond acceptors (Lipinski definition) is 4. The number of ether oxygens (including phenoxy) is 1.